The fourth-order valence-corrected chi connectivity index (χ4v) is 1.70. The topological polar surface area (TPSA) is 79.9 Å². The predicted molar refractivity (Wildman–Crippen MR) is 73.1 cm³/mol. The lowest BCUT2D eigenvalue weighted by atomic mass is 9.96. The van der Waals surface area contributed by atoms with Gasteiger partial charge in [-0.15, -0.1) is 5.10 Å². The molecule has 1 amide bonds. The normalized spacial score (nSPS) is 13.3. The summed E-state index contributed by atoms with van der Waals surface area (Å²) in [7, 11) is 1.62. The Morgan fingerprint density at radius 3 is 2.63 bits per heavy atom. The van der Waals surface area contributed by atoms with E-state index in [1.165, 1.54) is 0 Å². The molecule has 1 rings (SSSR count). The molecule has 6 heteroatoms. The fraction of sp³-hybridized carbons (Fsp3) is 0.769. The number of hydrogen-bond acceptors (Lipinski definition) is 4. The summed E-state index contributed by atoms with van der Waals surface area (Å²) in [5.41, 5.74) is -0.152. The molecule has 1 unspecified atom stereocenters. The van der Waals surface area contributed by atoms with E-state index in [9.17, 15) is 4.79 Å². The zero-order valence-corrected chi connectivity index (χ0v) is 12.4. The monoisotopic (exact) mass is 268 g/mol. The molecule has 6 nitrogen and oxygen atoms in total. The van der Waals surface area contributed by atoms with Gasteiger partial charge in [-0.3, -0.25) is 9.89 Å². The standard InChI is InChI=1S/C13H24N4O2/c1-6-7-9(8-19-5)14-11(18)10-15-12(17-16-10)13(2,3)4/h9H,6-8H2,1-5H3,(H,14,18)(H,15,16,17). The highest BCUT2D eigenvalue weighted by atomic mass is 16.5. The van der Waals surface area contributed by atoms with Crippen LogP contribution in [0.5, 0.6) is 0 Å². The minimum atomic E-state index is -0.262. The van der Waals surface area contributed by atoms with Crippen LogP contribution in [0.2, 0.25) is 0 Å². The van der Waals surface area contributed by atoms with Crippen molar-refractivity contribution in [3.05, 3.63) is 11.6 Å². The minimum absolute atomic E-state index is 0.000846. The maximum atomic E-state index is 12.0. The SMILES string of the molecule is CCCC(COC)NC(=O)c1n[nH]c(C(C)(C)C)n1. The van der Waals surface area contributed by atoms with E-state index in [0.717, 1.165) is 12.8 Å². The van der Waals surface area contributed by atoms with Crippen LogP contribution in [-0.2, 0) is 10.2 Å². The largest absolute Gasteiger partial charge is 0.383 e. The molecule has 0 saturated heterocycles. The molecular formula is C13H24N4O2. The van der Waals surface area contributed by atoms with Gasteiger partial charge < -0.3 is 10.1 Å². The van der Waals surface area contributed by atoms with Gasteiger partial charge in [0.15, 0.2) is 0 Å². The number of carbonyl (C=O) groups is 1. The van der Waals surface area contributed by atoms with Gasteiger partial charge in [-0.1, -0.05) is 34.1 Å². The van der Waals surface area contributed by atoms with E-state index in [2.05, 4.69) is 27.4 Å². The third-order valence-electron chi connectivity index (χ3n) is 2.74. The van der Waals surface area contributed by atoms with Crippen molar-refractivity contribution in [3.8, 4) is 0 Å². The summed E-state index contributed by atoms with van der Waals surface area (Å²) in [5, 5.41) is 9.67. The van der Waals surface area contributed by atoms with Crippen molar-refractivity contribution >= 4 is 5.91 Å². The van der Waals surface area contributed by atoms with Gasteiger partial charge in [-0.2, -0.15) is 0 Å². The van der Waals surface area contributed by atoms with Gasteiger partial charge >= 0.3 is 0 Å². The summed E-state index contributed by atoms with van der Waals surface area (Å²) >= 11 is 0. The number of ether oxygens (including phenoxy) is 1. The van der Waals surface area contributed by atoms with E-state index in [-0.39, 0.29) is 23.2 Å². The summed E-state index contributed by atoms with van der Waals surface area (Å²) in [6, 6.07) is -0.000846. The van der Waals surface area contributed by atoms with Gasteiger partial charge in [0.05, 0.1) is 12.6 Å². The molecule has 0 aliphatic rings. The van der Waals surface area contributed by atoms with Crippen molar-refractivity contribution < 1.29 is 9.53 Å². The summed E-state index contributed by atoms with van der Waals surface area (Å²) < 4.78 is 5.09. The lowest BCUT2D eigenvalue weighted by molar-refractivity contribution is 0.0881. The molecule has 2 N–H and O–H groups in total. The summed E-state index contributed by atoms with van der Waals surface area (Å²) in [4.78, 5) is 16.3. The molecule has 0 fully saturated rings. The lowest BCUT2D eigenvalue weighted by Gasteiger charge is -2.16. The van der Waals surface area contributed by atoms with Crippen LogP contribution in [-0.4, -0.2) is 40.8 Å². The second-order valence-corrected chi connectivity index (χ2v) is 5.67. The second-order valence-electron chi connectivity index (χ2n) is 5.67. The average molecular weight is 268 g/mol. The van der Waals surface area contributed by atoms with Gasteiger partial charge in [-0.05, 0) is 6.42 Å². The molecule has 0 aliphatic carbocycles. The Hall–Kier alpha value is -1.43. The molecular weight excluding hydrogens is 244 g/mol. The van der Waals surface area contributed by atoms with Crippen molar-refractivity contribution in [2.45, 2.75) is 52.0 Å². The van der Waals surface area contributed by atoms with Gasteiger partial charge in [0.1, 0.15) is 5.82 Å². The van der Waals surface area contributed by atoms with Crippen LogP contribution in [0.3, 0.4) is 0 Å². The maximum Gasteiger partial charge on any atom is 0.291 e. The van der Waals surface area contributed by atoms with E-state index in [1.807, 2.05) is 20.8 Å². The van der Waals surface area contributed by atoms with Gasteiger partial charge in [0.25, 0.3) is 5.91 Å². The molecule has 1 aromatic rings. The number of nitrogens with zero attached hydrogens (tertiary/aromatic N) is 2. The summed E-state index contributed by atoms with van der Waals surface area (Å²) in [6.07, 6.45) is 1.85. The van der Waals surface area contributed by atoms with Crippen LogP contribution in [0.1, 0.15) is 57.0 Å². The Kier molecular flexibility index (Phi) is 5.47. The molecule has 0 spiro atoms. The molecule has 0 bridgehead atoms. The highest BCUT2D eigenvalue weighted by Crippen LogP contribution is 2.17. The zero-order chi connectivity index (χ0) is 14.5. The van der Waals surface area contributed by atoms with Gasteiger partial charge in [0.2, 0.25) is 5.82 Å². The van der Waals surface area contributed by atoms with Crippen LogP contribution < -0.4 is 5.32 Å². The quantitative estimate of drug-likeness (QED) is 0.822. The van der Waals surface area contributed by atoms with E-state index < -0.39 is 0 Å². The number of nitrogens with one attached hydrogen (secondary N) is 2. The van der Waals surface area contributed by atoms with Crippen molar-refractivity contribution in [3.63, 3.8) is 0 Å². The fourth-order valence-electron chi connectivity index (χ4n) is 1.70. The first-order chi connectivity index (χ1) is 8.88. The lowest BCUT2D eigenvalue weighted by Crippen LogP contribution is -2.38. The Labute approximate surface area is 114 Å². The van der Waals surface area contributed by atoms with Crippen molar-refractivity contribution in [1.82, 2.24) is 20.5 Å². The Morgan fingerprint density at radius 2 is 2.16 bits per heavy atom. The number of amides is 1. The Balaban J connectivity index is 2.69. The van der Waals surface area contributed by atoms with Gasteiger partial charge in [-0.25, -0.2) is 4.98 Å². The van der Waals surface area contributed by atoms with E-state index in [0.29, 0.717) is 12.4 Å². The number of methoxy groups -OCH3 is 1. The number of hydrogen-bond donors (Lipinski definition) is 2. The highest BCUT2D eigenvalue weighted by molar-refractivity contribution is 5.90. The van der Waals surface area contributed by atoms with Crippen molar-refractivity contribution in [1.29, 1.82) is 0 Å². The third kappa shape index (κ3) is 4.63. The number of aromatic nitrogens is 3. The Morgan fingerprint density at radius 1 is 1.47 bits per heavy atom. The van der Waals surface area contributed by atoms with E-state index in [1.54, 1.807) is 7.11 Å². The molecule has 0 saturated carbocycles. The first-order valence-electron chi connectivity index (χ1n) is 6.61. The molecule has 0 aliphatic heterocycles. The van der Waals surface area contributed by atoms with Crippen LogP contribution >= 0.6 is 0 Å². The smallest absolute Gasteiger partial charge is 0.291 e. The number of aromatic amines is 1. The van der Waals surface area contributed by atoms with Crippen molar-refractivity contribution in [2.24, 2.45) is 0 Å². The molecule has 108 valence electrons. The maximum absolute atomic E-state index is 12.0. The highest BCUT2D eigenvalue weighted by Gasteiger charge is 2.22. The van der Waals surface area contributed by atoms with Crippen LogP contribution in [0.15, 0.2) is 0 Å². The number of H-pyrrole nitrogens is 1. The van der Waals surface area contributed by atoms with E-state index in [4.69, 9.17) is 4.74 Å². The molecule has 0 aromatic carbocycles. The first-order valence-corrected chi connectivity index (χ1v) is 6.61. The number of carbonyl (C=O) groups excluding carboxylic acids is 1. The molecule has 1 heterocycles. The molecule has 1 aromatic heterocycles. The second kappa shape index (κ2) is 6.65. The minimum Gasteiger partial charge on any atom is -0.383 e. The molecule has 1 atom stereocenters. The Bertz CT molecular complexity index is 403. The zero-order valence-electron chi connectivity index (χ0n) is 12.4. The number of rotatable bonds is 6. The molecule has 19 heavy (non-hydrogen) atoms. The molecule has 0 radical (unpaired) electrons. The first kappa shape index (κ1) is 15.6. The van der Waals surface area contributed by atoms with E-state index >= 15 is 0 Å². The summed E-state index contributed by atoms with van der Waals surface area (Å²) in [6.45, 7) is 8.61. The van der Waals surface area contributed by atoms with Gasteiger partial charge in [0, 0.05) is 12.5 Å². The van der Waals surface area contributed by atoms with Crippen LogP contribution in [0.25, 0.3) is 0 Å². The third-order valence-corrected chi connectivity index (χ3v) is 2.74. The van der Waals surface area contributed by atoms with Crippen LogP contribution in [0.4, 0.5) is 0 Å². The van der Waals surface area contributed by atoms with Crippen molar-refractivity contribution in [2.75, 3.05) is 13.7 Å². The van der Waals surface area contributed by atoms with Crippen LogP contribution in [0, 0.1) is 0 Å². The predicted octanol–water partition coefficient (Wildman–Crippen LogP) is 1.65. The summed E-state index contributed by atoms with van der Waals surface area (Å²) in [5.74, 6) is 0.626. The average Bonchev–Trinajstić information content (AvgIpc) is 2.78.